The predicted molar refractivity (Wildman–Crippen MR) is 101 cm³/mol. The highest BCUT2D eigenvalue weighted by Gasteiger charge is 2.08. The van der Waals surface area contributed by atoms with Gasteiger partial charge in [0.1, 0.15) is 6.61 Å². The van der Waals surface area contributed by atoms with Crippen LogP contribution in [-0.2, 0) is 22.6 Å². The standard InChI is InChI=1S/C12H18N2O2.C8H8O2/c1-13-8-9-14(2)12(15)16-10-11-6-4-3-5-7-11;9-8(10)6-7-4-2-1-3-5-7/h3-7,13H,8-10H2,1-2H3;1-5H,6H2,(H,9,10). The summed E-state index contributed by atoms with van der Waals surface area (Å²) < 4.78 is 5.15. The van der Waals surface area contributed by atoms with Gasteiger partial charge in [-0.3, -0.25) is 4.79 Å². The molecule has 0 radical (unpaired) electrons. The van der Waals surface area contributed by atoms with Gasteiger partial charge in [0.25, 0.3) is 0 Å². The summed E-state index contributed by atoms with van der Waals surface area (Å²) in [5, 5.41) is 11.3. The van der Waals surface area contributed by atoms with Gasteiger partial charge in [-0.1, -0.05) is 60.7 Å². The number of aliphatic carboxylic acids is 1. The highest BCUT2D eigenvalue weighted by molar-refractivity contribution is 5.70. The van der Waals surface area contributed by atoms with Gasteiger partial charge in [-0.2, -0.15) is 0 Å². The number of carboxylic acid groups (broad SMARTS) is 1. The molecule has 0 fully saturated rings. The molecule has 0 atom stereocenters. The molecule has 1 amide bonds. The van der Waals surface area contributed by atoms with Crippen LogP contribution in [0.4, 0.5) is 4.79 Å². The van der Waals surface area contributed by atoms with Gasteiger partial charge in [0, 0.05) is 20.1 Å². The molecule has 0 saturated carbocycles. The number of carboxylic acids is 1. The van der Waals surface area contributed by atoms with Crippen molar-refractivity contribution < 1.29 is 19.4 Å². The third kappa shape index (κ3) is 9.44. The summed E-state index contributed by atoms with van der Waals surface area (Å²) in [6.07, 6.45) is -0.181. The Morgan fingerprint density at radius 1 is 1.00 bits per heavy atom. The van der Waals surface area contributed by atoms with Crippen LogP contribution in [0.2, 0.25) is 0 Å². The lowest BCUT2D eigenvalue weighted by atomic mass is 10.2. The summed E-state index contributed by atoms with van der Waals surface area (Å²) in [5.41, 5.74) is 1.84. The molecule has 2 aromatic rings. The Labute approximate surface area is 154 Å². The van der Waals surface area contributed by atoms with Gasteiger partial charge in [0.2, 0.25) is 0 Å². The lowest BCUT2D eigenvalue weighted by Gasteiger charge is -2.16. The first-order valence-electron chi connectivity index (χ1n) is 8.35. The fourth-order valence-electron chi connectivity index (χ4n) is 1.97. The molecule has 0 heterocycles. The average Bonchev–Trinajstić information content (AvgIpc) is 2.66. The predicted octanol–water partition coefficient (Wildman–Crippen LogP) is 2.79. The Morgan fingerprint density at radius 2 is 1.54 bits per heavy atom. The third-order valence-electron chi connectivity index (χ3n) is 3.41. The van der Waals surface area contributed by atoms with Crippen molar-refractivity contribution in [3.8, 4) is 0 Å². The van der Waals surface area contributed by atoms with Crippen LogP contribution in [0.1, 0.15) is 11.1 Å². The summed E-state index contributed by atoms with van der Waals surface area (Å²) in [7, 11) is 3.58. The number of nitrogens with one attached hydrogen (secondary N) is 1. The Kier molecular flexibility index (Phi) is 10.2. The molecule has 0 aliphatic rings. The molecule has 0 aromatic heterocycles. The lowest BCUT2D eigenvalue weighted by molar-refractivity contribution is -0.136. The number of nitrogens with zero attached hydrogens (tertiary/aromatic N) is 1. The number of hydrogen-bond acceptors (Lipinski definition) is 4. The van der Waals surface area contributed by atoms with Gasteiger partial charge in [0.15, 0.2) is 0 Å². The van der Waals surface area contributed by atoms with Crippen molar-refractivity contribution in [1.82, 2.24) is 10.2 Å². The molecular weight excluding hydrogens is 332 g/mol. The van der Waals surface area contributed by atoms with Gasteiger partial charge in [-0.25, -0.2) is 4.79 Å². The highest BCUT2D eigenvalue weighted by Crippen LogP contribution is 2.02. The van der Waals surface area contributed by atoms with E-state index in [1.807, 2.05) is 55.6 Å². The number of carbonyl (C=O) groups excluding carboxylic acids is 1. The molecule has 0 spiro atoms. The van der Waals surface area contributed by atoms with Gasteiger partial charge < -0.3 is 20.1 Å². The SMILES string of the molecule is CNCCN(C)C(=O)OCc1ccccc1.O=C(O)Cc1ccccc1. The van der Waals surface area contributed by atoms with E-state index < -0.39 is 5.97 Å². The molecule has 0 bridgehead atoms. The second kappa shape index (κ2) is 12.5. The van der Waals surface area contributed by atoms with E-state index in [0.29, 0.717) is 13.2 Å². The van der Waals surface area contributed by atoms with Crippen molar-refractivity contribution in [3.05, 3.63) is 71.8 Å². The summed E-state index contributed by atoms with van der Waals surface area (Å²) in [6, 6.07) is 18.8. The lowest BCUT2D eigenvalue weighted by Crippen LogP contribution is -2.33. The zero-order valence-electron chi connectivity index (χ0n) is 15.2. The second-order valence-corrected chi connectivity index (χ2v) is 5.62. The van der Waals surface area contributed by atoms with Crippen molar-refractivity contribution in [1.29, 1.82) is 0 Å². The number of ether oxygens (including phenoxy) is 1. The van der Waals surface area contributed by atoms with E-state index in [9.17, 15) is 9.59 Å². The normalized spacial score (nSPS) is 9.62. The van der Waals surface area contributed by atoms with Crippen LogP contribution >= 0.6 is 0 Å². The van der Waals surface area contributed by atoms with E-state index in [-0.39, 0.29) is 12.5 Å². The van der Waals surface area contributed by atoms with Crippen LogP contribution in [0, 0.1) is 0 Å². The quantitative estimate of drug-likeness (QED) is 0.796. The molecule has 2 N–H and O–H groups in total. The number of carbonyl (C=O) groups is 2. The molecular formula is C20H26N2O4. The van der Waals surface area contributed by atoms with Crippen molar-refractivity contribution in [2.45, 2.75) is 13.0 Å². The maximum absolute atomic E-state index is 11.5. The Hall–Kier alpha value is -2.86. The topological polar surface area (TPSA) is 78.9 Å². The summed E-state index contributed by atoms with van der Waals surface area (Å²) in [5.74, 6) is -0.786. The van der Waals surface area contributed by atoms with Gasteiger partial charge in [-0.05, 0) is 18.2 Å². The minimum absolute atomic E-state index is 0.112. The van der Waals surface area contributed by atoms with E-state index in [0.717, 1.165) is 17.7 Å². The minimum Gasteiger partial charge on any atom is -0.481 e. The Morgan fingerprint density at radius 3 is 2.04 bits per heavy atom. The average molecular weight is 358 g/mol. The molecule has 0 aliphatic carbocycles. The molecule has 2 aromatic carbocycles. The van der Waals surface area contributed by atoms with Crippen molar-refractivity contribution >= 4 is 12.1 Å². The molecule has 0 aliphatic heterocycles. The van der Waals surface area contributed by atoms with Crippen LogP contribution in [0.3, 0.4) is 0 Å². The third-order valence-corrected chi connectivity index (χ3v) is 3.41. The first-order valence-corrected chi connectivity index (χ1v) is 8.35. The van der Waals surface area contributed by atoms with Crippen molar-refractivity contribution in [2.24, 2.45) is 0 Å². The summed E-state index contributed by atoms with van der Waals surface area (Å²) in [4.78, 5) is 23.2. The van der Waals surface area contributed by atoms with Crippen LogP contribution in [-0.4, -0.2) is 49.3 Å². The fraction of sp³-hybridized carbons (Fsp3) is 0.300. The van der Waals surface area contributed by atoms with Crippen molar-refractivity contribution in [3.63, 3.8) is 0 Å². The summed E-state index contributed by atoms with van der Waals surface area (Å²) in [6.45, 7) is 1.73. The van der Waals surface area contributed by atoms with Gasteiger partial charge >= 0.3 is 12.1 Å². The van der Waals surface area contributed by atoms with Crippen LogP contribution in [0.5, 0.6) is 0 Å². The molecule has 0 saturated heterocycles. The van der Waals surface area contributed by atoms with Gasteiger partial charge in [-0.15, -0.1) is 0 Å². The van der Waals surface area contributed by atoms with E-state index in [2.05, 4.69) is 5.32 Å². The first-order chi connectivity index (χ1) is 12.5. The molecule has 140 valence electrons. The number of likely N-dealkylation sites (N-methyl/N-ethyl adjacent to an activating group) is 2. The molecule has 26 heavy (non-hydrogen) atoms. The van der Waals surface area contributed by atoms with Crippen LogP contribution in [0.25, 0.3) is 0 Å². The Balaban J connectivity index is 0.000000289. The molecule has 6 heteroatoms. The Bertz CT molecular complexity index is 647. The first kappa shape index (κ1) is 21.2. The maximum Gasteiger partial charge on any atom is 0.409 e. The number of amides is 1. The fourth-order valence-corrected chi connectivity index (χ4v) is 1.97. The van der Waals surface area contributed by atoms with E-state index in [4.69, 9.17) is 9.84 Å². The number of benzene rings is 2. The maximum atomic E-state index is 11.5. The zero-order chi connectivity index (χ0) is 19.2. The van der Waals surface area contributed by atoms with Crippen molar-refractivity contribution in [2.75, 3.05) is 27.2 Å². The second-order valence-electron chi connectivity index (χ2n) is 5.62. The molecule has 0 unspecified atom stereocenters. The smallest absolute Gasteiger partial charge is 0.409 e. The van der Waals surface area contributed by atoms with Crippen LogP contribution < -0.4 is 5.32 Å². The summed E-state index contributed by atoms with van der Waals surface area (Å²) >= 11 is 0. The monoisotopic (exact) mass is 358 g/mol. The van der Waals surface area contributed by atoms with Gasteiger partial charge in [0.05, 0.1) is 6.42 Å². The molecule has 6 nitrogen and oxygen atoms in total. The molecule has 2 rings (SSSR count). The number of hydrogen-bond donors (Lipinski definition) is 2. The van der Waals surface area contributed by atoms with E-state index >= 15 is 0 Å². The van der Waals surface area contributed by atoms with E-state index in [1.165, 1.54) is 0 Å². The number of rotatable bonds is 7. The zero-order valence-corrected chi connectivity index (χ0v) is 15.2. The van der Waals surface area contributed by atoms with Crippen LogP contribution in [0.15, 0.2) is 60.7 Å². The largest absolute Gasteiger partial charge is 0.481 e. The van der Waals surface area contributed by atoms with E-state index in [1.54, 1.807) is 24.1 Å². The minimum atomic E-state index is -0.786. The highest BCUT2D eigenvalue weighted by atomic mass is 16.6.